The van der Waals surface area contributed by atoms with Gasteiger partial charge in [-0.25, -0.2) is 0 Å². The van der Waals surface area contributed by atoms with E-state index in [1.54, 1.807) is 0 Å². The van der Waals surface area contributed by atoms with E-state index in [1.165, 1.54) is 50.4 Å². The van der Waals surface area contributed by atoms with Gasteiger partial charge in [0.05, 0.1) is 18.0 Å². The molecule has 2 heteroatoms. The van der Waals surface area contributed by atoms with Crippen LogP contribution in [0.25, 0.3) is 22.3 Å². The lowest BCUT2D eigenvalue weighted by atomic mass is 9.91. The molecule has 0 N–H and O–H groups in total. The van der Waals surface area contributed by atoms with E-state index in [9.17, 15) is 0 Å². The first-order valence-corrected chi connectivity index (χ1v) is 10.5. The summed E-state index contributed by atoms with van der Waals surface area (Å²) in [5.41, 5.74) is 11.6. The minimum atomic E-state index is 0.878. The van der Waals surface area contributed by atoms with Crippen LogP contribution in [-0.2, 0) is 0 Å². The number of hydrogen-bond acceptors (Lipinski definition) is 2. The highest BCUT2D eigenvalue weighted by Crippen LogP contribution is 2.40. The Bertz CT molecular complexity index is 1170. The summed E-state index contributed by atoms with van der Waals surface area (Å²) >= 11 is 0. The van der Waals surface area contributed by atoms with E-state index < -0.39 is 0 Å². The number of benzene rings is 4. The van der Waals surface area contributed by atoms with Crippen LogP contribution < -0.4 is 9.80 Å². The minimum absolute atomic E-state index is 0.878. The first-order valence-electron chi connectivity index (χ1n) is 10.5. The van der Waals surface area contributed by atoms with Gasteiger partial charge < -0.3 is 9.80 Å². The fourth-order valence-electron chi connectivity index (χ4n) is 4.62. The summed E-state index contributed by atoms with van der Waals surface area (Å²) in [6.45, 7) is 5.31. The monoisotopic (exact) mass is 390 g/mol. The smallest absolute Gasteiger partial charge is 0.0950 e. The van der Waals surface area contributed by atoms with Gasteiger partial charge in [-0.3, -0.25) is 0 Å². The molecule has 0 fully saturated rings. The topological polar surface area (TPSA) is 6.48 Å². The van der Waals surface area contributed by atoms with Crippen molar-refractivity contribution >= 4 is 17.1 Å². The molecular weight excluding hydrogens is 364 g/mol. The molecule has 148 valence electrons. The number of hydrogen-bond donors (Lipinski definition) is 0. The molecule has 4 aromatic rings. The van der Waals surface area contributed by atoms with Crippen molar-refractivity contribution in [3.63, 3.8) is 0 Å². The van der Waals surface area contributed by atoms with Crippen LogP contribution in [0, 0.1) is 13.8 Å². The molecule has 0 spiro atoms. The van der Waals surface area contributed by atoms with Crippen molar-refractivity contribution in [2.45, 2.75) is 13.8 Å². The zero-order valence-corrected chi connectivity index (χ0v) is 17.8. The average molecular weight is 391 g/mol. The van der Waals surface area contributed by atoms with Crippen LogP contribution in [0.3, 0.4) is 0 Å². The molecule has 0 aromatic heterocycles. The van der Waals surface area contributed by atoms with Gasteiger partial charge in [0.1, 0.15) is 0 Å². The lowest BCUT2D eigenvalue weighted by Crippen LogP contribution is -2.23. The zero-order valence-electron chi connectivity index (χ0n) is 17.8. The minimum Gasteiger partial charge on any atom is -0.355 e. The molecule has 1 aliphatic heterocycles. The second-order valence-electron chi connectivity index (χ2n) is 8.15. The predicted octanol–water partition coefficient (Wildman–Crippen LogP) is 7.18. The van der Waals surface area contributed by atoms with E-state index in [1.807, 2.05) is 0 Å². The van der Waals surface area contributed by atoms with Gasteiger partial charge in [0.15, 0.2) is 0 Å². The Hall–Kier alpha value is -3.52. The largest absolute Gasteiger partial charge is 0.355 e. The zero-order chi connectivity index (χ0) is 20.7. The van der Waals surface area contributed by atoms with Gasteiger partial charge in [0, 0.05) is 12.7 Å². The van der Waals surface area contributed by atoms with Gasteiger partial charge in [0.25, 0.3) is 0 Å². The van der Waals surface area contributed by atoms with E-state index >= 15 is 0 Å². The fourth-order valence-corrected chi connectivity index (χ4v) is 4.62. The van der Waals surface area contributed by atoms with Crippen molar-refractivity contribution in [1.82, 2.24) is 0 Å². The van der Waals surface area contributed by atoms with Crippen molar-refractivity contribution in [3.8, 4) is 22.3 Å². The Labute approximate surface area is 179 Å². The molecule has 0 radical (unpaired) electrons. The van der Waals surface area contributed by atoms with Crippen LogP contribution in [0.15, 0.2) is 91.0 Å². The van der Waals surface area contributed by atoms with Gasteiger partial charge in [-0.05, 0) is 71.5 Å². The molecule has 0 atom stereocenters. The maximum absolute atomic E-state index is 2.37. The number of fused-ring (bicyclic) bond motifs is 1. The molecule has 0 unspecified atom stereocenters. The third-order valence-electron chi connectivity index (χ3n) is 6.04. The molecule has 0 bridgehead atoms. The Morgan fingerprint density at radius 3 is 1.87 bits per heavy atom. The van der Waals surface area contributed by atoms with Gasteiger partial charge in [-0.1, -0.05) is 66.7 Å². The summed E-state index contributed by atoms with van der Waals surface area (Å²) < 4.78 is 0. The Balaban J connectivity index is 1.48. The van der Waals surface area contributed by atoms with E-state index in [2.05, 4.69) is 122 Å². The van der Waals surface area contributed by atoms with E-state index in [0.717, 1.165) is 6.67 Å². The standard InChI is InChI=1S/C28H26N2/c1-20-17-24(22-9-5-4-6-10-22)18-21(2)28(20)23-13-15-25(16-14-23)30-19-29(3)26-11-7-8-12-27(26)30/h4-18H,19H2,1-3H3. The predicted molar refractivity (Wildman–Crippen MR) is 129 cm³/mol. The molecule has 0 saturated heterocycles. The summed E-state index contributed by atoms with van der Waals surface area (Å²) in [4.78, 5) is 4.66. The average Bonchev–Trinajstić information content (AvgIpc) is 3.11. The van der Waals surface area contributed by atoms with Gasteiger partial charge in [0.2, 0.25) is 0 Å². The Morgan fingerprint density at radius 1 is 0.600 bits per heavy atom. The van der Waals surface area contributed by atoms with Crippen LogP contribution in [0.2, 0.25) is 0 Å². The SMILES string of the molecule is Cc1cc(-c2ccccc2)cc(C)c1-c1ccc(N2CN(C)c3ccccc32)cc1. The summed E-state index contributed by atoms with van der Waals surface area (Å²) in [6, 6.07) is 32.8. The number of rotatable bonds is 3. The molecule has 2 nitrogen and oxygen atoms in total. The lowest BCUT2D eigenvalue weighted by Gasteiger charge is -2.20. The van der Waals surface area contributed by atoms with Crippen molar-refractivity contribution in [1.29, 1.82) is 0 Å². The van der Waals surface area contributed by atoms with Crippen molar-refractivity contribution < 1.29 is 0 Å². The molecule has 1 aliphatic rings. The van der Waals surface area contributed by atoms with Crippen LogP contribution in [0.1, 0.15) is 11.1 Å². The molecule has 0 amide bonds. The third-order valence-corrected chi connectivity index (χ3v) is 6.04. The number of para-hydroxylation sites is 2. The molecular formula is C28H26N2. The molecule has 5 rings (SSSR count). The second-order valence-corrected chi connectivity index (χ2v) is 8.15. The van der Waals surface area contributed by atoms with E-state index in [4.69, 9.17) is 0 Å². The highest BCUT2D eigenvalue weighted by molar-refractivity contribution is 5.83. The summed E-state index contributed by atoms with van der Waals surface area (Å²) in [7, 11) is 2.15. The summed E-state index contributed by atoms with van der Waals surface area (Å²) in [5.74, 6) is 0. The molecule has 4 aromatic carbocycles. The molecule has 0 saturated carbocycles. The van der Waals surface area contributed by atoms with Crippen LogP contribution in [0.4, 0.5) is 17.1 Å². The molecule has 30 heavy (non-hydrogen) atoms. The maximum Gasteiger partial charge on any atom is 0.0950 e. The quantitative estimate of drug-likeness (QED) is 0.365. The summed E-state index contributed by atoms with van der Waals surface area (Å²) in [5, 5.41) is 0. The highest BCUT2D eigenvalue weighted by atomic mass is 15.4. The second kappa shape index (κ2) is 7.38. The van der Waals surface area contributed by atoms with E-state index in [-0.39, 0.29) is 0 Å². The summed E-state index contributed by atoms with van der Waals surface area (Å²) in [6.07, 6.45) is 0. The fraction of sp³-hybridized carbons (Fsp3) is 0.143. The Morgan fingerprint density at radius 2 is 1.20 bits per heavy atom. The van der Waals surface area contributed by atoms with Gasteiger partial charge in [-0.15, -0.1) is 0 Å². The van der Waals surface area contributed by atoms with Gasteiger partial charge >= 0.3 is 0 Å². The lowest BCUT2D eigenvalue weighted by molar-refractivity contribution is 0.950. The molecule has 1 heterocycles. The van der Waals surface area contributed by atoms with Crippen LogP contribution in [-0.4, -0.2) is 13.7 Å². The van der Waals surface area contributed by atoms with E-state index in [0.29, 0.717) is 0 Å². The first kappa shape index (κ1) is 18.5. The third kappa shape index (κ3) is 3.15. The van der Waals surface area contributed by atoms with Crippen molar-refractivity contribution in [2.24, 2.45) is 0 Å². The maximum atomic E-state index is 2.37. The van der Waals surface area contributed by atoms with Crippen molar-refractivity contribution in [3.05, 3.63) is 102 Å². The van der Waals surface area contributed by atoms with Crippen LogP contribution in [0.5, 0.6) is 0 Å². The van der Waals surface area contributed by atoms with Crippen molar-refractivity contribution in [2.75, 3.05) is 23.5 Å². The molecule has 0 aliphatic carbocycles. The first-order chi connectivity index (χ1) is 14.6. The number of aryl methyl sites for hydroxylation is 2. The van der Waals surface area contributed by atoms with Gasteiger partial charge in [-0.2, -0.15) is 0 Å². The number of nitrogens with zero attached hydrogens (tertiary/aromatic N) is 2. The van der Waals surface area contributed by atoms with Crippen LogP contribution >= 0.6 is 0 Å². The normalized spacial score (nSPS) is 12.9. The highest BCUT2D eigenvalue weighted by Gasteiger charge is 2.23. The Kier molecular flexibility index (Phi) is 4.55. The number of anilines is 3.